The number of anilines is 1. The molecule has 0 aliphatic rings. The van der Waals surface area contributed by atoms with Gasteiger partial charge < -0.3 is 5.32 Å². The first kappa shape index (κ1) is 16.3. The number of hydrogen-bond acceptors (Lipinski definition) is 1. The standard InChI is InChI=1S/C12H11F6NO/c1-7-3-5-8(6-4-7)19-9(20)10(2,11(13,14)15)12(16,17)18/h3-6H,1-2H3,(H,19,20). The van der Waals surface area contributed by atoms with E-state index < -0.39 is 23.7 Å². The van der Waals surface area contributed by atoms with Crippen LogP contribution in [0.15, 0.2) is 24.3 Å². The average molecular weight is 299 g/mol. The van der Waals surface area contributed by atoms with Crippen LogP contribution in [0.2, 0.25) is 0 Å². The van der Waals surface area contributed by atoms with Crippen molar-refractivity contribution in [3.63, 3.8) is 0 Å². The van der Waals surface area contributed by atoms with Crippen LogP contribution in [-0.2, 0) is 4.79 Å². The van der Waals surface area contributed by atoms with Gasteiger partial charge in [0.2, 0.25) is 11.3 Å². The van der Waals surface area contributed by atoms with E-state index in [1.807, 2.05) is 0 Å². The van der Waals surface area contributed by atoms with E-state index >= 15 is 0 Å². The number of carbonyl (C=O) groups excluding carboxylic acids is 1. The number of nitrogens with one attached hydrogen (secondary N) is 1. The maximum atomic E-state index is 12.6. The van der Waals surface area contributed by atoms with Gasteiger partial charge in [0.15, 0.2) is 0 Å². The average Bonchev–Trinajstić information content (AvgIpc) is 2.28. The van der Waals surface area contributed by atoms with Gasteiger partial charge in [-0.3, -0.25) is 4.79 Å². The third kappa shape index (κ3) is 2.88. The van der Waals surface area contributed by atoms with Gasteiger partial charge in [-0.1, -0.05) is 17.7 Å². The summed E-state index contributed by atoms with van der Waals surface area (Å²) in [5, 5.41) is 1.64. The number of amides is 1. The number of carbonyl (C=O) groups is 1. The van der Waals surface area contributed by atoms with E-state index in [-0.39, 0.29) is 12.6 Å². The second-order valence-electron chi connectivity index (χ2n) is 4.44. The molecule has 0 heterocycles. The Morgan fingerprint density at radius 3 is 1.70 bits per heavy atom. The Balaban J connectivity index is 3.11. The summed E-state index contributed by atoms with van der Waals surface area (Å²) in [6.07, 6.45) is -11.5. The van der Waals surface area contributed by atoms with Crippen molar-refractivity contribution in [2.75, 3.05) is 5.32 Å². The van der Waals surface area contributed by atoms with Crippen LogP contribution < -0.4 is 5.32 Å². The van der Waals surface area contributed by atoms with E-state index in [9.17, 15) is 31.1 Å². The summed E-state index contributed by atoms with van der Waals surface area (Å²) < 4.78 is 75.8. The van der Waals surface area contributed by atoms with Gasteiger partial charge in [0, 0.05) is 5.69 Å². The van der Waals surface area contributed by atoms with Crippen LogP contribution in [0.4, 0.5) is 32.0 Å². The van der Waals surface area contributed by atoms with Crippen molar-refractivity contribution in [2.24, 2.45) is 5.41 Å². The molecule has 0 atom stereocenters. The molecule has 0 aliphatic heterocycles. The molecule has 0 aromatic heterocycles. The monoisotopic (exact) mass is 299 g/mol. The molecule has 1 aromatic carbocycles. The minimum atomic E-state index is -5.75. The lowest BCUT2D eigenvalue weighted by molar-refractivity contribution is -0.317. The van der Waals surface area contributed by atoms with Crippen LogP contribution in [-0.4, -0.2) is 18.3 Å². The first-order valence-electron chi connectivity index (χ1n) is 5.41. The highest BCUT2D eigenvalue weighted by atomic mass is 19.4. The fraction of sp³-hybridized carbons (Fsp3) is 0.417. The van der Waals surface area contributed by atoms with Crippen molar-refractivity contribution in [1.29, 1.82) is 0 Å². The van der Waals surface area contributed by atoms with Crippen molar-refractivity contribution in [2.45, 2.75) is 26.2 Å². The van der Waals surface area contributed by atoms with E-state index in [1.54, 1.807) is 12.2 Å². The Hall–Kier alpha value is -1.73. The minimum absolute atomic E-state index is 0.139. The van der Waals surface area contributed by atoms with Crippen LogP contribution in [0.1, 0.15) is 12.5 Å². The van der Waals surface area contributed by atoms with Gasteiger partial charge in [-0.2, -0.15) is 26.3 Å². The van der Waals surface area contributed by atoms with Gasteiger partial charge in [0.1, 0.15) is 0 Å². The van der Waals surface area contributed by atoms with E-state index in [1.165, 1.54) is 24.3 Å². The molecule has 0 spiro atoms. The lowest BCUT2D eigenvalue weighted by Gasteiger charge is -2.32. The predicted octanol–water partition coefficient (Wildman–Crippen LogP) is 4.06. The van der Waals surface area contributed by atoms with Crippen LogP contribution in [0, 0.1) is 12.3 Å². The molecule has 0 radical (unpaired) electrons. The number of rotatable bonds is 2. The molecule has 2 nitrogen and oxygen atoms in total. The molecule has 0 saturated heterocycles. The number of halogens is 6. The first-order valence-corrected chi connectivity index (χ1v) is 5.41. The van der Waals surface area contributed by atoms with Gasteiger partial charge >= 0.3 is 12.4 Å². The van der Waals surface area contributed by atoms with Gasteiger partial charge in [-0.25, -0.2) is 0 Å². The number of alkyl halides is 6. The second kappa shape index (κ2) is 4.99. The normalized spacial score (nSPS) is 13.2. The highest BCUT2D eigenvalue weighted by molar-refractivity contribution is 5.96. The summed E-state index contributed by atoms with van der Waals surface area (Å²) in [4.78, 5) is 11.5. The largest absolute Gasteiger partial charge is 0.411 e. The zero-order valence-electron chi connectivity index (χ0n) is 10.5. The zero-order chi connectivity index (χ0) is 15.8. The third-order valence-electron chi connectivity index (χ3n) is 2.90. The molecule has 1 amide bonds. The van der Waals surface area contributed by atoms with Crippen molar-refractivity contribution in [3.05, 3.63) is 29.8 Å². The van der Waals surface area contributed by atoms with Crippen molar-refractivity contribution in [3.8, 4) is 0 Å². The van der Waals surface area contributed by atoms with Crippen molar-refractivity contribution < 1.29 is 31.1 Å². The summed E-state index contributed by atoms with van der Waals surface area (Å²) in [6, 6.07) is 5.35. The summed E-state index contributed by atoms with van der Waals surface area (Å²) >= 11 is 0. The highest BCUT2D eigenvalue weighted by Crippen LogP contribution is 2.50. The van der Waals surface area contributed by atoms with Crippen LogP contribution in [0.5, 0.6) is 0 Å². The van der Waals surface area contributed by atoms with Crippen molar-refractivity contribution in [1.82, 2.24) is 0 Å². The molecule has 0 bridgehead atoms. The number of benzene rings is 1. The van der Waals surface area contributed by atoms with E-state index in [4.69, 9.17) is 0 Å². The lowest BCUT2D eigenvalue weighted by atomic mass is 9.87. The first-order chi connectivity index (χ1) is 8.89. The third-order valence-corrected chi connectivity index (χ3v) is 2.90. The molecule has 1 rings (SSSR count). The summed E-state index contributed by atoms with van der Waals surface area (Å²) in [7, 11) is 0. The SMILES string of the molecule is Cc1ccc(NC(=O)C(C)(C(F)(F)F)C(F)(F)F)cc1. The fourth-order valence-electron chi connectivity index (χ4n) is 1.31. The van der Waals surface area contributed by atoms with Gasteiger partial charge in [-0.15, -0.1) is 0 Å². The minimum Gasteiger partial charge on any atom is -0.325 e. The molecule has 0 unspecified atom stereocenters. The molecule has 20 heavy (non-hydrogen) atoms. The molecule has 0 saturated carbocycles. The van der Waals surface area contributed by atoms with Gasteiger partial charge in [0.25, 0.3) is 0 Å². The smallest absolute Gasteiger partial charge is 0.325 e. The Bertz CT molecular complexity index is 474. The molecule has 112 valence electrons. The van der Waals surface area contributed by atoms with E-state index in [2.05, 4.69) is 0 Å². The zero-order valence-corrected chi connectivity index (χ0v) is 10.5. The molecule has 8 heteroatoms. The number of aryl methyl sites for hydroxylation is 1. The summed E-state index contributed by atoms with van der Waals surface area (Å²) in [5.74, 6) is -2.17. The molecular formula is C12H11F6NO. The van der Waals surface area contributed by atoms with E-state index in [0.29, 0.717) is 0 Å². The highest BCUT2D eigenvalue weighted by Gasteiger charge is 2.72. The van der Waals surface area contributed by atoms with Crippen LogP contribution in [0.3, 0.4) is 0 Å². The maximum Gasteiger partial charge on any atom is 0.411 e. The van der Waals surface area contributed by atoms with Gasteiger partial charge in [-0.05, 0) is 26.0 Å². The maximum absolute atomic E-state index is 12.6. The van der Waals surface area contributed by atoms with Gasteiger partial charge in [0.05, 0.1) is 0 Å². The van der Waals surface area contributed by atoms with Crippen LogP contribution >= 0.6 is 0 Å². The Kier molecular flexibility index (Phi) is 4.07. The van der Waals surface area contributed by atoms with Crippen molar-refractivity contribution >= 4 is 11.6 Å². The topological polar surface area (TPSA) is 29.1 Å². The predicted molar refractivity (Wildman–Crippen MR) is 60.0 cm³/mol. The lowest BCUT2D eigenvalue weighted by Crippen LogP contribution is -2.55. The number of hydrogen-bond donors (Lipinski definition) is 1. The Labute approximate surface area is 110 Å². The molecule has 1 N–H and O–H groups in total. The Morgan fingerprint density at radius 1 is 0.950 bits per heavy atom. The molecule has 0 fully saturated rings. The molecular weight excluding hydrogens is 288 g/mol. The van der Waals surface area contributed by atoms with E-state index in [0.717, 1.165) is 5.56 Å². The molecule has 0 aliphatic carbocycles. The second-order valence-corrected chi connectivity index (χ2v) is 4.44. The Morgan fingerprint density at radius 2 is 1.35 bits per heavy atom. The quantitative estimate of drug-likeness (QED) is 0.820. The summed E-state index contributed by atoms with van der Waals surface area (Å²) in [5.41, 5.74) is -3.86. The van der Waals surface area contributed by atoms with Crippen LogP contribution in [0.25, 0.3) is 0 Å². The molecule has 1 aromatic rings. The fourth-order valence-corrected chi connectivity index (χ4v) is 1.31. The summed E-state index contributed by atoms with van der Waals surface area (Å²) in [6.45, 7) is 1.50.